The van der Waals surface area contributed by atoms with E-state index in [9.17, 15) is 0 Å². The van der Waals surface area contributed by atoms with Crippen molar-refractivity contribution in [2.45, 2.75) is 13.3 Å². The van der Waals surface area contributed by atoms with Gasteiger partial charge in [-0.2, -0.15) is 0 Å². The van der Waals surface area contributed by atoms with E-state index in [0.29, 0.717) is 13.2 Å². The predicted molar refractivity (Wildman–Crippen MR) is 58.0 cm³/mol. The van der Waals surface area contributed by atoms with Gasteiger partial charge in [0.25, 0.3) is 0 Å². The standard InChI is InChI=1S/C10H14BrNO/c1-8-3-4-9(11)7-10(8)13-6-2-5-12/h3-4,7H,2,5-6,12H2,1H3. The van der Waals surface area contributed by atoms with Gasteiger partial charge in [-0.15, -0.1) is 0 Å². The van der Waals surface area contributed by atoms with Crippen molar-refractivity contribution in [3.63, 3.8) is 0 Å². The Morgan fingerprint density at radius 2 is 2.23 bits per heavy atom. The summed E-state index contributed by atoms with van der Waals surface area (Å²) in [6.45, 7) is 3.39. The lowest BCUT2D eigenvalue weighted by molar-refractivity contribution is 0.311. The largest absolute Gasteiger partial charge is 0.493 e. The summed E-state index contributed by atoms with van der Waals surface area (Å²) in [7, 11) is 0. The first-order chi connectivity index (χ1) is 6.24. The zero-order chi connectivity index (χ0) is 9.68. The van der Waals surface area contributed by atoms with Gasteiger partial charge in [-0.1, -0.05) is 22.0 Å². The van der Waals surface area contributed by atoms with E-state index in [1.54, 1.807) is 0 Å². The smallest absolute Gasteiger partial charge is 0.123 e. The van der Waals surface area contributed by atoms with Crippen LogP contribution in [-0.2, 0) is 0 Å². The summed E-state index contributed by atoms with van der Waals surface area (Å²) in [6, 6.07) is 6.01. The van der Waals surface area contributed by atoms with Crippen LogP contribution in [0.5, 0.6) is 5.75 Å². The fourth-order valence-corrected chi connectivity index (χ4v) is 1.33. The molecule has 0 saturated heterocycles. The van der Waals surface area contributed by atoms with Crippen LogP contribution in [0.3, 0.4) is 0 Å². The zero-order valence-corrected chi connectivity index (χ0v) is 9.30. The van der Waals surface area contributed by atoms with E-state index < -0.39 is 0 Å². The van der Waals surface area contributed by atoms with E-state index in [1.807, 2.05) is 25.1 Å². The van der Waals surface area contributed by atoms with Crippen LogP contribution in [0.1, 0.15) is 12.0 Å². The van der Waals surface area contributed by atoms with E-state index in [2.05, 4.69) is 15.9 Å². The van der Waals surface area contributed by atoms with Gasteiger partial charge in [-0.3, -0.25) is 0 Å². The van der Waals surface area contributed by atoms with Crippen molar-refractivity contribution >= 4 is 15.9 Å². The Morgan fingerprint density at radius 3 is 2.92 bits per heavy atom. The third-order valence-corrected chi connectivity index (χ3v) is 2.25. The van der Waals surface area contributed by atoms with E-state index >= 15 is 0 Å². The van der Waals surface area contributed by atoms with Gasteiger partial charge in [-0.25, -0.2) is 0 Å². The summed E-state index contributed by atoms with van der Waals surface area (Å²) in [6.07, 6.45) is 0.895. The van der Waals surface area contributed by atoms with Gasteiger partial charge in [0.05, 0.1) is 6.61 Å². The molecule has 0 aliphatic heterocycles. The summed E-state index contributed by atoms with van der Waals surface area (Å²) in [5, 5.41) is 0. The molecule has 0 amide bonds. The first-order valence-electron chi connectivity index (χ1n) is 4.33. The summed E-state index contributed by atoms with van der Waals surface area (Å²) in [5.74, 6) is 0.933. The molecular formula is C10H14BrNO. The number of hydrogen-bond donors (Lipinski definition) is 1. The third kappa shape index (κ3) is 3.36. The van der Waals surface area contributed by atoms with Crippen molar-refractivity contribution in [3.8, 4) is 5.75 Å². The van der Waals surface area contributed by atoms with Gasteiger partial charge in [-0.05, 0) is 37.6 Å². The van der Waals surface area contributed by atoms with Crippen LogP contribution in [-0.4, -0.2) is 13.2 Å². The number of hydrogen-bond acceptors (Lipinski definition) is 2. The average Bonchev–Trinajstić information content (AvgIpc) is 2.11. The van der Waals surface area contributed by atoms with Crippen LogP contribution in [0.25, 0.3) is 0 Å². The molecule has 0 unspecified atom stereocenters. The minimum absolute atomic E-state index is 0.674. The molecule has 3 heteroatoms. The molecule has 0 fully saturated rings. The lowest BCUT2D eigenvalue weighted by Crippen LogP contribution is -2.06. The molecule has 0 aromatic heterocycles. The highest BCUT2D eigenvalue weighted by Gasteiger charge is 1.99. The van der Waals surface area contributed by atoms with Crippen LogP contribution < -0.4 is 10.5 Å². The van der Waals surface area contributed by atoms with Crippen molar-refractivity contribution in [3.05, 3.63) is 28.2 Å². The molecule has 0 saturated carbocycles. The molecule has 0 bridgehead atoms. The summed E-state index contributed by atoms with van der Waals surface area (Å²) in [4.78, 5) is 0. The molecule has 0 radical (unpaired) electrons. The Kier molecular flexibility index (Phi) is 4.25. The van der Waals surface area contributed by atoms with Crippen molar-refractivity contribution in [2.24, 2.45) is 5.73 Å². The zero-order valence-electron chi connectivity index (χ0n) is 7.72. The molecule has 0 aliphatic carbocycles. The van der Waals surface area contributed by atoms with Gasteiger partial charge in [0.2, 0.25) is 0 Å². The molecule has 0 aliphatic rings. The van der Waals surface area contributed by atoms with Crippen LogP contribution in [0.4, 0.5) is 0 Å². The van der Waals surface area contributed by atoms with Gasteiger partial charge in [0.1, 0.15) is 5.75 Å². The summed E-state index contributed by atoms with van der Waals surface area (Å²) >= 11 is 3.40. The minimum atomic E-state index is 0.674. The average molecular weight is 244 g/mol. The highest BCUT2D eigenvalue weighted by Crippen LogP contribution is 2.22. The Balaban J connectivity index is 2.59. The van der Waals surface area contributed by atoms with Gasteiger partial charge >= 0.3 is 0 Å². The molecule has 1 aromatic carbocycles. The van der Waals surface area contributed by atoms with Gasteiger partial charge < -0.3 is 10.5 Å². The summed E-state index contributed by atoms with van der Waals surface area (Å²) < 4.78 is 6.59. The molecule has 0 heterocycles. The lowest BCUT2D eigenvalue weighted by Gasteiger charge is -2.08. The predicted octanol–water partition coefficient (Wildman–Crippen LogP) is 2.49. The fourth-order valence-electron chi connectivity index (χ4n) is 0.995. The highest BCUT2D eigenvalue weighted by atomic mass is 79.9. The molecule has 13 heavy (non-hydrogen) atoms. The maximum Gasteiger partial charge on any atom is 0.123 e. The molecule has 2 N–H and O–H groups in total. The van der Waals surface area contributed by atoms with Crippen molar-refractivity contribution < 1.29 is 4.74 Å². The normalized spacial score (nSPS) is 10.1. The molecule has 1 rings (SSSR count). The van der Waals surface area contributed by atoms with Crippen molar-refractivity contribution in [1.82, 2.24) is 0 Å². The second-order valence-electron chi connectivity index (χ2n) is 2.90. The molecule has 72 valence electrons. The Hall–Kier alpha value is -0.540. The van der Waals surface area contributed by atoms with Crippen molar-refractivity contribution in [2.75, 3.05) is 13.2 Å². The monoisotopic (exact) mass is 243 g/mol. The number of aryl methyl sites for hydroxylation is 1. The topological polar surface area (TPSA) is 35.2 Å². The van der Waals surface area contributed by atoms with E-state index in [4.69, 9.17) is 10.5 Å². The molecular weight excluding hydrogens is 230 g/mol. The first-order valence-corrected chi connectivity index (χ1v) is 5.12. The van der Waals surface area contributed by atoms with Crippen LogP contribution in [0, 0.1) is 6.92 Å². The third-order valence-electron chi connectivity index (χ3n) is 1.76. The highest BCUT2D eigenvalue weighted by molar-refractivity contribution is 9.10. The Labute approximate surface area is 87.2 Å². The second-order valence-corrected chi connectivity index (χ2v) is 3.82. The Morgan fingerprint density at radius 1 is 1.46 bits per heavy atom. The first kappa shape index (κ1) is 10.5. The number of ether oxygens (including phenoxy) is 1. The van der Waals surface area contributed by atoms with Crippen LogP contribution >= 0.6 is 15.9 Å². The number of halogens is 1. The van der Waals surface area contributed by atoms with Crippen LogP contribution in [0.15, 0.2) is 22.7 Å². The SMILES string of the molecule is Cc1ccc(Br)cc1OCCCN. The maximum absolute atomic E-state index is 5.55. The Bertz CT molecular complexity index is 276. The quantitative estimate of drug-likeness (QED) is 0.826. The number of benzene rings is 1. The van der Waals surface area contributed by atoms with E-state index in [1.165, 1.54) is 0 Å². The number of nitrogens with two attached hydrogens (primary N) is 1. The fraction of sp³-hybridized carbons (Fsp3) is 0.400. The number of rotatable bonds is 4. The molecule has 0 spiro atoms. The molecule has 0 atom stereocenters. The van der Waals surface area contributed by atoms with Gasteiger partial charge in [0.15, 0.2) is 0 Å². The summed E-state index contributed by atoms with van der Waals surface area (Å²) in [5.41, 5.74) is 6.52. The van der Waals surface area contributed by atoms with E-state index in [-0.39, 0.29) is 0 Å². The lowest BCUT2D eigenvalue weighted by atomic mass is 10.2. The van der Waals surface area contributed by atoms with Crippen molar-refractivity contribution in [1.29, 1.82) is 0 Å². The molecule has 1 aromatic rings. The van der Waals surface area contributed by atoms with Gasteiger partial charge in [0, 0.05) is 4.47 Å². The molecule has 2 nitrogen and oxygen atoms in total. The van der Waals surface area contributed by atoms with E-state index in [0.717, 1.165) is 22.2 Å². The minimum Gasteiger partial charge on any atom is -0.493 e. The maximum atomic E-state index is 5.55. The van der Waals surface area contributed by atoms with Crippen LogP contribution in [0.2, 0.25) is 0 Å². The second kappa shape index (κ2) is 5.25.